The predicted molar refractivity (Wildman–Crippen MR) is 98.7 cm³/mol. The summed E-state index contributed by atoms with van der Waals surface area (Å²) in [7, 11) is 0. The fourth-order valence-corrected chi connectivity index (χ4v) is 2.71. The van der Waals surface area contributed by atoms with E-state index < -0.39 is 11.9 Å². The number of pyridine rings is 2. The number of nitrogens with two attached hydrogens (primary N) is 1. The van der Waals surface area contributed by atoms with E-state index in [1.165, 1.54) is 10.8 Å². The first kappa shape index (κ1) is 17.3. The molecule has 7 heteroatoms. The minimum absolute atomic E-state index is 0.132. The van der Waals surface area contributed by atoms with Gasteiger partial charge in [-0.05, 0) is 37.3 Å². The zero-order valence-electron chi connectivity index (χ0n) is 14.2. The number of carbonyl (C=O) groups excluding carboxylic acids is 2. The molecule has 1 atom stereocenters. The van der Waals surface area contributed by atoms with E-state index in [2.05, 4.69) is 10.3 Å². The van der Waals surface area contributed by atoms with Crippen LogP contribution in [0.25, 0.3) is 10.8 Å². The van der Waals surface area contributed by atoms with Crippen LogP contribution >= 0.6 is 0 Å². The van der Waals surface area contributed by atoms with Gasteiger partial charge in [-0.25, -0.2) is 0 Å². The van der Waals surface area contributed by atoms with E-state index in [1.54, 1.807) is 49.5 Å². The van der Waals surface area contributed by atoms with E-state index in [1.807, 2.05) is 6.07 Å². The Balaban J connectivity index is 1.92. The number of carbonyl (C=O) groups is 2. The number of aromatic nitrogens is 2. The molecule has 2 amide bonds. The molecule has 3 rings (SSSR count). The first-order chi connectivity index (χ1) is 12.5. The highest BCUT2D eigenvalue weighted by Crippen LogP contribution is 2.21. The lowest BCUT2D eigenvalue weighted by atomic mass is 10.1. The van der Waals surface area contributed by atoms with E-state index in [9.17, 15) is 14.4 Å². The quantitative estimate of drug-likeness (QED) is 0.729. The van der Waals surface area contributed by atoms with E-state index in [-0.39, 0.29) is 17.9 Å². The summed E-state index contributed by atoms with van der Waals surface area (Å²) in [5.74, 6) is -0.822. The lowest BCUT2D eigenvalue weighted by Crippen LogP contribution is -2.31. The molecule has 0 aliphatic heterocycles. The smallest absolute Gasteiger partial charge is 0.259 e. The fourth-order valence-electron chi connectivity index (χ4n) is 2.71. The zero-order valence-corrected chi connectivity index (χ0v) is 14.2. The van der Waals surface area contributed by atoms with Crippen LogP contribution in [0, 0.1) is 0 Å². The van der Waals surface area contributed by atoms with Crippen LogP contribution in [0.5, 0.6) is 0 Å². The Morgan fingerprint density at radius 3 is 2.65 bits per heavy atom. The van der Waals surface area contributed by atoms with Crippen molar-refractivity contribution in [2.24, 2.45) is 5.73 Å². The molecule has 0 bridgehead atoms. The molecule has 0 fully saturated rings. The van der Waals surface area contributed by atoms with Gasteiger partial charge >= 0.3 is 0 Å². The minimum Gasteiger partial charge on any atom is -0.368 e. The first-order valence-corrected chi connectivity index (χ1v) is 8.10. The first-order valence-electron chi connectivity index (χ1n) is 8.10. The normalized spacial score (nSPS) is 11.9. The van der Waals surface area contributed by atoms with E-state index in [0.29, 0.717) is 22.2 Å². The molecule has 0 unspecified atom stereocenters. The SMILES string of the molecule is C[C@H](C(N)=O)n1ccc2c(NC(=O)Cc3ccccn3)cccc2c1=O. The summed E-state index contributed by atoms with van der Waals surface area (Å²) >= 11 is 0. The van der Waals surface area contributed by atoms with Crippen LogP contribution in [0.4, 0.5) is 5.69 Å². The average Bonchev–Trinajstić information content (AvgIpc) is 2.63. The Morgan fingerprint density at radius 1 is 1.15 bits per heavy atom. The van der Waals surface area contributed by atoms with E-state index in [4.69, 9.17) is 5.73 Å². The molecule has 1 aromatic carbocycles. The second kappa shape index (κ2) is 7.18. The van der Waals surface area contributed by atoms with Gasteiger partial charge in [0.1, 0.15) is 6.04 Å². The number of amides is 2. The summed E-state index contributed by atoms with van der Waals surface area (Å²) in [5.41, 5.74) is 6.13. The number of anilines is 1. The largest absolute Gasteiger partial charge is 0.368 e. The number of primary amides is 1. The standard InChI is InChI=1S/C19H18N4O3/c1-12(18(20)25)23-10-8-14-15(19(23)26)6-4-7-16(14)22-17(24)11-13-5-2-3-9-21-13/h2-10,12H,11H2,1H3,(H2,20,25)(H,22,24)/t12-/m1/s1. The summed E-state index contributed by atoms with van der Waals surface area (Å²) in [6, 6.07) is 11.4. The number of nitrogens with zero attached hydrogens (tertiary/aromatic N) is 2. The molecule has 26 heavy (non-hydrogen) atoms. The monoisotopic (exact) mass is 350 g/mol. The molecule has 0 saturated carbocycles. The fraction of sp³-hybridized carbons (Fsp3) is 0.158. The third-order valence-electron chi connectivity index (χ3n) is 4.14. The maximum absolute atomic E-state index is 12.6. The van der Waals surface area contributed by atoms with Crippen LogP contribution in [-0.4, -0.2) is 21.4 Å². The van der Waals surface area contributed by atoms with Crippen LogP contribution in [-0.2, 0) is 16.0 Å². The van der Waals surface area contributed by atoms with Gasteiger partial charge in [0.2, 0.25) is 11.8 Å². The van der Waals surface area contributed by atoms with E-state index >= 15 is 0 Å². The lowest BCUT2D eigenvalue weighted by Gasteiger charge is -2.14. The van der Waals surface area contributed by atoms with Crippen molar-refractivity contribution in [2.75, 3.05) is 5.32 Å². The van der Waals surface area contributed by atoms with Gasteiger partial charge in [-0.15, -0.1) is 0 Å². The molecule has 2 heterocycles. The second-order valence-electron chi connectivity index (χ2n) is 5.92. The van der Waals surface area contributed by atoms with Crippen molar-refractivity contribution in [3.8, 4) is 0 Å². The van der Waals surface area contributed by atoms with Gasteiger partial charge in [0.15, 0.2) is 0 Å². The predicted octanol–water partition coefficient (Wildman–Crippen LogP) is 1.62. The summed E-state index contributed by atoms with van der Waals surface area (Å²) in [6.07, 6.45) is 3.27. The highest BCUT2D eigenvalue weighted by Gasteiger charge is 2.15. The van der Waals surface area contributed by atoms with Crippen molar-refractivity contribution >= 4 is 28.3 Å². The highest BCUT2D eigenvalue weighted by molar-refractivity contribution is 6.02. The molecule has 2 aromatic heterocycles. The number of rotatable bonds is 5. The second-order valence-corrected chi connectivity index (χ2v) is 5.92. The van der Waals surface area contributed by atoms with Gasteiger partial charge in [-0.3, -0.25) is 19.4 Å². The number of hydrogen-bond donors (Lipinski definition) is 2. The third-order valence-corrected chi connectivity index (χ3v) is 4.14. The molecule has 0 saturated heterocycles. The summed E-state index contributed by atoms with van der Waals surface area (Å²) in [6.45, 7) is 1.56. The van der Waals surface area contributed by atoms with E-state index in [0.717, 1.165) is 0 Å². The third kappa shape index (κ3) is 3.46. The Hall–Kier alpha value is -3.48. The Bertz CT molecular complexity index is 1030. The molecule has 3 N–H and O–H groups in total. The molecule has 0 spiro atoms. The molecular weight excluding hydrogens is 332 g/mol. The zero-order chi connectivity index (χ0) is 18.7. The molecule has 3 aromatic rings. The van der Waals surface area contributed by atoms with Crippen LogP contribution in [0.15, 0.2) is 59.7 Å². The van der Waals surface area contributed by atoms with Gasteiger partial charge in [0, 0.05) is 34.5 Å². The van der Waals surface area contributed by atoms with Gasteiger partial charge in [-0.1, -0.05) is 12.1 Å². The molecular formula is C19H18N4O3. The number of nitrogens with one attached hydrogen (secondary N) is 1. The minimum atomic E-state index is -0.755. The Morgan fingerprint density at radius 2 is 1.96 bits per heavy atom. The van der Waals surface area contributed by atoms with Gasteiger partial charge in [-0.2, -0.15) is 0 Å². The lowest BCUT2D eigenvalue weighted by molar-refractivity contribution is -0.120. The maximum Gasteiger partial charge on any atom is 0.259 e. The van der Waals surface area contributed by atoms with Crippen molar-refractivity contribution < 1.29 is 9.59 Å². The molecule has 0 aliphatic carbocycles. The number of benzene rings is 1. The van der Waals surface area contributed by atoms with Crippen molar-refractivity contribution in [3.63, 3.8) is 0 Å². The van der Waals surface area contributed by atoms with Crippen LogP contribution in [0.1, 0.15) is 18.7 Å². The Kier molecular flexibility index (Phi) is 4.79. The van der Waals surface area contributed by atoms with Crippen LogP contribution in [0.3, 0.4) is 0 Å². The summed E-state index contributed by atoms with van der Waals surface area (Å²) in [5, 5.41) is 3.81. The average molecular weight is 350 g/mol. The molecule has 7 nitrogen and oxygen atoms in total. The van der Waals surface area contributed by atoms with Crippen molar-refractivity contribution in [1.29, 1.82) is 0 Å². The summed E-state index contributed by atoms with van der Waals surface area (Å²) < 4.78 is 1.28. The van der Waals surface area contributed by atoms with Crippen LogP contribution < -0.4 is 16.6 Å². The number of fused-ring (bicyclic) bond motifs is 1. The van der Waals surface area contributed by atoms with Gasteiger partial charge in [0.05, 0.1) is 6.42 Å². The maximum atomic E-state index is 12.6. The molecule has 0 aliphatic rings. The topological polar surface area (TPSA) is 107 Å². The van der Waals surface area contributed by atoms with Gasteiger partial charge in [0.25, 0.3) is 5.56 Å². The van der Waals surface area contributed by atoms with Crippen molar-refractivity contribution in [3.05, 3.63) is 70.9 Å². The van der Waals surface area contributed by atoms with Crippen molar-refractivity contribution in [1.82, 2.24) is 9.55 Å². The van der Waals surface area contributed by atoms with Crippen molar-refractivity contribution in [2.45, 2.75) is 19.4 Å². The Labute approximate surface area is 149 Å². The molecule has 132 valence electrons. The number of hydrogen-bond acceptors (Lipinski definition) is 4. The van der Waals surface area contributed by atoms with Gasteiger partial charge < -0.3 is 15.6 Å². The summed E-state index contributed by atoms with van der Waals surface area (Å²) in [4.78, 5) is 40.4. The van der Waals surface area contributed by atoms with Crippen LogP contribution in [0.2, 0.25) is 0 Å². The highest BCUT2D eigenvalue weighted by atomic mass is 16.2. The molecule has 0 radical (unpaired) electrons.